The molecule has 2 rings (SSSR count). The molecular weight excluding hydrogens is 520 g/mol. The van der Waals surface area contributed by atoms with Crippen LogP contribution in [0.5, 0.6) is 0 Å². The molecule has 0 aromatic heterocycles. The Hall–Kier alpha value is -3.14. The van der Waals surface area contributed by atoms with Crippen LogP contribution in [0.1, 0.15) is 52.4 Å². The summed E-state index contributed by atoms with van der Waals surface area (Å²) in [6.07, 6.45) is -1.66. The molecular formula is C20H26N4O10S2. The Morgan fingerprint density at radius 1 is 0.806 bits per heavy atom. The Kier molecular flexibility index (Phi) is 9.86. The maximum atomic E-state index is 12.8. The molecule has 2 aliphatic heterocycles. The van der Waals surface area contributed by atoms with E-state index in [1.54, 1.807) is 0 Å². The smallest absolute Gasteiger partial charge is 0.326 e. The molecule has 2 aliphatic rings. The molecule has 2 saturated heterocycles. The van der Waals surface area contributed by atoms with Crippen LogP contribution in [-0.2, 0) is 38.4 Å². The molecule has 4 N–H and O–H groups in total. The molecule has 2 atom stereocenters. The van der Waals surface area contributed by atoms with Crippen molar-refractivity contribution in [2.45, 2.75) is 69.5 Å². The first-order valence-electron chi connectivity index (χ1n) is 10.8. The lowest BCUT2D eigenvalue weighted by Gasteiger charge is -2.45. The largest absolute Gasteiger partial charge is 0.480 e. The van der Waals surface area contributed by atoms with Crippen molar-refractivity contribution in [1.82, 2.24) is 20.4 Å². The summed E-state index contributed by atoms with van der Waals surface area (Å²) in [5, 5.41) is 23.5. The van der Waals surface area contributed by atoms with Gasteiger partial charge in [-0.15, -0.1) is 0 Å². The monoisotopic (exact) mass is 546 g/mol. The first kappa shape index (κ1) is 29.1. The summed E-state index contributed by atoms with van der Waals surface area (Å²) in [5.74, 6) is -7.02. The van der Waals surface area contributed by atoms with E-state index in [0.717, 1.165) is 24.6 Å². The van der Waals surface area contributed by atoms with E-state index in [1.165, 1.54) is 0 Å². The SMILES string of the molecule is CC(=O)N[C@@H](CCSSC(C[C@H](NC(C)=O)C(=O)O)(N1C(=O)CCC1=O)N1C(=O)CCC1=O)C(=O)O. The van der Waals surface area contributed by atoms with Gasteiger partial charge in [0.05, 0.1) is 0 Å². The third-order valence-corrected chi connectivity index (χ3v) is 8.28. The van der Waals surface area contributed by atoms with Gasteiger partial charge in [-0.05, 0) is 17.2 Å². The Labute approximate surface area is 213 Å². The lowest BCUT2D eigenvalue weighted by molar-refractivity contribution is -0.160. The summed E-state index contributed by atoms with van der Waals surface area (Å²) >= 11 is 0. The Balaban J connectivity index is 2.48. The van der Waals surface area contributed by atoms with E-state index in [1.807, 2.05) is 0 Å². The molecule has 0 aliphatic carbocycles. The lowest BCUT2D eigenvalue weighted by atomic mass is 10.1. The third-order valence-electron chi connectivity index (χ3n) is 5.31. The van der Waals surface area contributed by atoms with Crippen molar-refractivity contribution in [1.29, 1.82) is 0 Å². The van der Waals surface area contributed by atoms with E-state index in [9.17, 15) is 48.6 Å². The average molecular weight is 547 g/mol. The molecule has 0 aromatic carbocycles. The van der Waals surface area contributed by atoms with Gasteiger partial charge in [-0.2, -0.15) is 0 Å². The van der Waals surface area contributed by atoms with Crippen molar-refractivity contribution in [3.8, 4) is 0 Å². The van der Waals surface area contributed by atoms with Crippen LogP contribution in [0.25, 0.3) is 0 Å². The van der Waals surface area contributed by atoms with Crippen molar-refractivity contribution in [2.24, 2.45) is 0 Å². The van der Waals surface area contributed by atoms with Gasteiger partial charge in [0, 0.05) is 51.7 Å². The summed E-state index contributed by atoms with van der Waals surface area (Å²) in [5.41, 5.74) is 0. The molecule has 0 unspecified atom stereocenters. The number of carboxylic acid groups (broad SMARTS) is 2. The van der Waals surface area contributed by atoms with Crippen LogP contribution in [0.3, 0.4) is 0 Å². The second-order valence-electron chi connectivity index (χ2n) is 8.07. The van der Waals surface area contributed by atoms with Crippen molar-refractivity contribution in [2.75, 3.05) is 5.75 Å². The Morgan fingerprint density at radius 2 is 1.19 bits per heavy atom. The predicted molar refractivity (Wildman–Crippen MR) is 125 cm³/mol. The van der Waals surface area contributed by atoms with E-state index in [0.29, 0.717) is 20.6 Å². The molecule has 0 saturated carbocycles. The van der Waals surface area contributed by atoms with Crippen molar-refractivity contribution in [3.05, 3.63) is 0 Å². The van der Waals surface area contributed by atoms with Gasteiger partial charge in [0.25, 0.3) is 0 Å². The van der Waals surface area contributed by atoms with E-state index < -0.39 is 70.9 Å². The highest BCUT2D eigenvalue weighted by Gasteiger charge is 2.58. The van der Waals surface area contributed by atoms with Gasteiger partial charge >= 0.3 is 11.9 Å². The zero-order chi connectivity index (χ0) is 27.2. The fourth-order valence-electron chi connectivity index (χ4n) is 3.84. The summed E-state index contributed by atoms with van der Waals surface area (Å²) in [6, 6.07) is -2.93. The molecule has 0 bridgehead atoms. The summed E-state index contributed by atoms with van der Waals surface area (Å²) in [6.45, 7) is 2.21. The van der Waals surface area contributed by atoms with E-state index in [2.05, 4.69) is 10.6 Å². The topological polar surface area (TPSA) is 208 Å². The van der Waals surface area contributed by atoms with Gasteiger partial charge in [0.1, 0.15) is 12.1 Å². The fourth-order valence-corrected chi connectivity index (χ4v) is 6.99. The predicted octanol–water partition coefficient (Wildman–Crippen LogP) is -0.722. The van der Waals surface area contributed by atoms with Gasteiger partial charge in [-0.25, -0.2) is 19.4 Å². The molecule has 0 aromatic rings. The van der Waals surface area contributed by atoms with Gasteiger partial charge in [0.15, 0.2) is 4.99 Å². The zero-order valence-corrected chi connectivity index (χ0v) is 21.1. The van der Waals surface area contributed by atoms with Gasteiger partial charge < -0.3 is 20.8 Å². The zero-order valence-electron chi connectivity index (χ0n) is 19.5. The molecule has 16 heteroatoms. The van der Waals surface area contributed by atoms with E-state index >= 15 is 0 Å². The highest BCUT2D eigenvalue weighted by molar-refractivity contribution is 8.77. The first-order valence-corrected chi connectivity index (χ1v) is 13.1. The molecule has 198 valence electrons. The van der Waals surface area contributed by atoms with Crippen LogP contribution in [0.4, 0.5) is 0 Å². The van der Waals surface area contributed by atoms with Crippen LogP contribution in [0, 0.1) is 0 Å². The van der Waals surface area contributed by atoms with Crippen molar-refractivity contribution >= 4 is 69.0 Å². The fraction of sp³-hybridized carbons (Fsp3) is 0.600. The van der Waals surface area contributed by atoms with Crippen LogP contribution < -0.4 is 10.6 Å². The molecule has 14 nitrogen and oxygen atoms in total. The first-order chi connectivity index (χ1) is 16.8. The molecule has 2 fully saturated rings. The summed E-state index contributed by atoms with van der Waals surface area (Å²) in [4.78, 5) is 96.8. The standard InChI is InChI=1S/C20H26N4O10S2/c1-10(25)21-12(18(31)32)7-8-35-36-20(23-14(27)3-4-15(23)28,24-16(29)5-6-17(24)30)9-13(19(33)34)22-11(2)26/h12-13H,3-9H2,1-2H3,(H,21,25)(H,22,26)(H,31,32)(H,33,34)/t12-,13-/m0/s1. The second-order valence-corrected chi connectivity index (χ2v) is 10.7. The quantitative estimate of drug-likeness (QED) is 0.128. The normalized spacial score (nSPS) is 17.8. The van der Waals surface area contributed by atoms with Crippen molar-refractivity contribution in [3.63, 3.8) is 0 Å². The number of aliphatic carboxylic acids is 2. The van der Waals surface area contributed by atoms with Crippen LogP contribution >= 0.6 is 21.6 Å². The number of hydrogen-bond acceptors (Lipinski definition) is 10. The minimum absolute atomic E-state index is 0.00792. The number of hydrogen-bond donors (Lipinski definition) is 4. The van der Waals surface area contributed by atoms with E-state index in [-0.39, 0.29) is 37.9 Å². The van der Waals surface area contributed by atoms with Crippen molar-refractivity contribution < 1.29 is 48.6 Å². The second kappa shape index (κ2) is 12.2. The van der Waals surface area contributed by atoms with Crippen LogP contribution in [-0.4, -0.2) is 90.2 Å². The number of nitrogens with one attached hydrogen (secondary N) is 2. The van der Waals surface area contributed by atoms with Gasteiger partial charge in [0.2, 0.25) is 35.4 Å². The van der Waals surface area contributed by atoms with Gasteiger partial charge in [-0.1, -0.05) is 10.8 Å². The minimum atomic E-state index is -2.13. The number of amides is 6. The minimum Gasteiger partial charge on any atom is -0.480 e. The maximum absolute atomic E-state index is 12.8. The summed E-state index contributed by atoms with van der Waals surface area (Å²) < 4.78 is 0. The molecule has 2 heterocycles. The number of imide groups is 2. The number of carbonyl (C=O) groups excluding carboxylic acids is 6. The number of rotatable bonds is 13. The molecule has 6 amide bonds. The number of carboxylic acids is 2. The van der Waals surface area contributed by atoms with Gasteiger partial charge in [-0.3, -0.25) is 28.8 Å². The van der Waals surface area contributed by atoms with Crippen LogP contribution in [0.2, 0.25) is 0 Å². The number of nitrogens with zero attached hydrogens (tertiary/aromatic N) is 2. The highest BCUT2D eigenvalue weighted by Crippen LogP contribution is 2.48. The summed E-state index contributed by atoms with van der Waals surface area (Å²) in [7, 11) is 1.58. The lowest BCUT2D eigenvalue weighted by Crippen LogP contribution is -2.64. The molecule has 0 spiro atoms. The van der Waals surface area contributed by atoms with Crippen LogP contribution in [0.15, 0.2) is 0 Å². The van der Waals surface area contributed by atoms with E-state index in [4.69, 9.17) is 0 Å². The maximum Gasteiger partial charge on any atom is 0.326 e. The highest BCUT2D eigenvalue weighted by atomic mass is 33.1. The molecule has 36 heavy (non-hydrogen) atoms. The number of likely N-dealkylation sites (tertiary alicyclic amines) is 2. The number of carbonyl (C=O) groups is 8. The average Bonchev–Trinajstić information content (AvgIpc) is 3.28. The molecule has 0 radical (unpaired) electrons. The Bertz CT molecular complexity index is 920. The Morgan fingerprint density at radius 3 is 1.56 bits per heavy atom. The third kappa shape index (κ3) is 6.75.